The first-order valence-corrected chi connectivity index (χ1v) is 6.18. The van der Waals surface area contributed by atoms with E-state index >= 15 is 0 Å². The quantitative estimate of drug-likeness (QED) is 0.643. The Labute approximate surface area is 77.0 Å². The molecule has 0 amide bonds. The minimum Gasteiger partial charge on any atom is -0.347 e. The second-order valence-corrected chi connectivity index (χ2v) is 5.82. The summed E-state index contributed by atoms with van der Waals surface area (Å²) >= 11 is 0. The maximum Gasteiger partial charge on any atom is 0.164 e. The molecule has 1 aliphatic rings. The topological polar surface area (TPSA) is 35.5 Å². The molecule has 1 fully saturated rings. The molecule has 0 atom stereocenters. The van der Waals surface area contributed by atoms with E-state index in [1.54, 1.807) is 0 Å². The van der Waals surface area contributed by atoms with Crippen molar-refractivity contribution in [1.82, 2.24) is 0 Å². The van der Waals surface area contributed by atoms with Crippen LogP contribution in [0.1, 0.15) is 0 Å². The lowest BCUT2D eigenvalue weighted by atomic mass is 10.4. The van der Waals surface area contributed by atoms with Crippen LogP contribution >= 0.6 is 7.14 Å². The third kappa shape index (κ3) is 1.83. The molecule has 0 bridgehead atoms. The van der Waals surface area contributed by atoms with Crippen molar-refractivity contribution in [2.45, 2.75) is 0 Å². The van der Waals surface area contributed by atoms with Crippen LogP contribution in [0.3, 0.4) is 0 Å². The molecule has 4 heteroatoms. The second-order valence-electron chi connectivity index (χ2n) is 3.01. The van der Waals surface area contributed by atoms with Gasteiger partial charge in [0.25, 0.3) is 0 Å². The molecule has 13 heavy (non-hydrogen) atoms. The van der Waals surface area contributed by atoms with E-state index in [-0.39, 0.29) is 6.79 Å². The van der Waals surface area contributed by atoms with Crippen molar-refractivity contribution < 1.29 is 14.0 Å². The zero-order chi connectivity index (χ0) is 9.15. The molecule has 1 aromatic rings. The summed E-state index contributed by atoms with van der Waals surface area (Å²) in [7, 11) is -2.41. The zero-order valence-electron chi connectivity index (χ0n) is 7.18. The van der Waals surface area contributed by atoms with Crippen LogP contribution in [0.15, 0.2) is 30.3 Å². The first kappa shape index (κ1) is 8.95. The summed E-state index contributed by atoms with van der Waals surface area (Å²) in [5.74, 6) is 0. The molecule has 1 saturated heterocycles. The fourth-order valence-corrected chi connectivity index (χ4v) is 3.14. The molecule has 3 nitrogen and oxygen atoms in total. The van der Waals surface area contributed by atoms with E-state index in [1.165, 1.54) is 0 Å². The van der Waals surface area contributed by atoms with Gasteiger partial charge in [-0.3, -0.25) is 0 Å². The summed E-state index contributed by atoms with van der Waals surface area (Å²) in [5, 5.41) is 0.842. The van der Waals surface area contributed by atoms with Gasteiger partial charge in [-0.2, -0.15) is 0 Å². The Morgan fingerprint density at radius 1 is 1.08 bits per heavy atom. The highest BCUT2D eigenvalue weighted by Crippen LogP contribution is 2.46. The minimum atomic E-state index is -2.41. The molecule has 0 unspecified atom stereocenters. The van der Waals surface area contributed by atoms with Crippen molar-refractivity contribution in [3.05, 3.63) is 30.3 Å². The normalized spacial score (nSPS) is 21.2. The van der Waals surface area contributed by atoms with Gasteiger partial charge in [-0.25, -0.2) is 0 Å². The third-order valence-corrected chi connectivity index (χ3v) is 4.43. The van der Waals surface area contributed by atoms with Crippen LogP contribution in [-0.4, -0.2) is 19.5 Å². The smallest absolute Gasteiger partial charge is 0.164 e. The molecule has 0 N–H and O–H groups in total. The van der Waals surface area contributed by atoms with E-state index in [0.29, 0.717) is 12.7 Å². The lowest BCUT2D eigenvalue weighted by Crippen LogP contribution is -2.20. The number of benzene rings is 1. The van der Waals surface area contributed by atoms with Gasteiger partial charge in [0.2, 0.25) is 0 Å². The molecule has 2 rings (SSSR count). The molecule has 0 saturated carbocycles. The van der Waals surface area contributed by atoms with Crippen molar-refractivity contribution in [2.24, 2.45) is 0 Å². The molecule has 1 heterocycles. The van der Waals surface area contributed by atoms with Crippen LogP contribution in [0.2, 0.25) is 0 Å². The highest BCUT2D eigenvalue weighted by molar-refractivity contribution is 7.71. The number of rotatable bonds is 1. The van der Waals surface area contributed by atoms with Gasteiger partial charge < -0.3 is 14.0 Å². The predicted octanol–water partition coefficient (Wildman–Crippen LogP) is 1.59. The fourth-order valence-electron chi connectivity index (χ4n) is 1.31. The maximum atomic E-state index is 12.2. The summed E-state index contributed by atoms with van der Waals surface area (Å²) in [6.07, 6.45) is 0.605. The van der Waals surface area contributed by atoms with Gasteiger partial charge in [0, 0.05) is 5.30 Å². The van der Waals surface area contributed by atoms with Crippen LogP contribution in [0, 0.1) is 0 Å². The second kappa shape index (κ2) is 3.62. The van der Waals surface area contributed by atoms with Gasteiger partial charge in [-0.1, -0.05) is 30.3 Å². The predicted molar refractivity (Wildman–Crippen MR) is 50.5 cm³/mol. The molecular weight excluding hydrogens is 187 g/mol. The SMILES string of the molecule is O=P1(c2ccccc2)COCOC1. The Kier molecular flexibility index (Phi) is 2.49. The molecular formula is C9H11O3P. The standard InChI is InChI=1S/C9H11O3P/c10-13(7-11-6-12-8-13)9-4-2-1-3-5-9/h1-5H,6-8H2. The van der Waals surface area contributed by atoms with Crippen molar-refractivity contribution in [1.29, 1.82) is 0 Å². The summed E-state index contributed by atoms with van der Waals surface area (Å²) in [6.45, 7) is 0.261. The van der Waals surface area contributed by atoms with Gasteiger partial charge in [-0.15, -0.1) is 0 Å². The van der Waals surface area contributed by atoms with Gasteiger partial charge in [0.05, 0.1) is 0 Å². The van der Waals surface area contributed by atoms with E-state index in [0.717, 1.165) is 5.30 Å². The highest BCUT2D eigenvalue weighted by Gasteiger charge is 2.28. The molecule has 70 valence electrons. The summed E-state index contributed by atoms with van der Waals surface area (Å²) < 4.78 is 22.3. The van der Waals surface area contributed by atoms with E-state index in [9.17, 15) is 4.57 Å². The lowest BCUT2D eigenvalue weighted by Gasteiger charge is -2.23. The summed E-state index contributed by atoms with van der Waals surface area (Å²) in [5.41, 5.74) is 0. The monoisotopic (exact) mass is 198 g/mol. The van der Waals surface area contributed by atoms with Crippen molar-refractivity contribution in [2.75, 3.05) is 19.5 Å². The third-order valence-electron chi connectivity index (χ3n) is 1.99. The van der Waals surface area contributed by atoms with Crippen LogP contribution < -0.4 is 5.30 Å². The van der Waals surface area contributed by atoms with Crippen LogP contribution in [0.4, 0.5) is 0 Å². The van der Waals surface area contributed by atoms with Crippen molar-refractivity contribution >= 4 is 12.4 Å². The fraction of sp³-hybridized carbons (Fsp3) is 0.333. The van der Waals surface area contributed by atoms with Gasteiger partial charge in [-0.05, 0) is 0 Å². The average molecular weight is 198 g/mol. The van der Waals surface area contributed by atoms with Crippen LogP contribution in [0.25, 0.3) is 0 Å². The zero-order valence-corrected chi connectivity index (χ0v) is 8.07. The Balaban J connectivity index is 2.29. The first-order chi connectivity index (χ1) is 6.31. The van der Waals surface area contributed by atoms with Crippen LogP contribution in [0.5, 0.6) is 0 Å². The van der Waals surface area contributed by atoms with Gasteiger partial charge in [0.1, 0.15) is 19.5 Å². The van der Waals surface area contributed by atoms with Gasteiger partial charge in [0.15, 0.2) is 7.14 Å². The van der Waals surface area contributed by atoms with Crippen molar-refractivity contribution in [3.63, 3.8) is 0 Å². The van der Waals surface area contributed by atoms with Crippen molar-refractivity contribution in [3.8, 4) is 0 Å². The average Bonchev–Trinajstić information content (AvgIpc) is 2.20. The van der Waals surface area contributed by atoms with Crippen LogP contribution in [-0.2, 0) is 14.0 Å². The summed E-state index contributed by atoms with van der Waals surface area (Å²) in [6, 6.07) is 9.38. The maximum absolute atomic E-state index is 12.2. The molecule has 0 aliphatic carbocycles. The minimum absolute atomic E-state index is 0.261. The Morgan fingerprint density at radius 3 is 2.31 bits per heavy atom. The molecule has 1 aliphatic heterocycles. The van der Waals surface area contributed by atoms with E-state index in [4.69, 9.17) is 9.47 Å². The summed E-state index contributed by atoms with van der Waals surface area (Å²) in [4.78, 5) is 0. The number of hydrogen-bond donors (Lipinski definition) is 0. The molecule has 0 aromatic heterocycles. The molecule has 0 radical (unpaired) electrons. The number of ether oxygens (including phenoxy) is 2. The van der Waals surface area contributed by atoms with E-state index in [1.807, 2.05) is 30.3 Å². The number of hydrogen-bond acceptors (Lipinski definition) is 3. The molecule has 1 aromatic carbocycles. The first-order valence-electron chi connectivity index (χ1n) is 4.10. The highest BCUT2D eigenvalue weighted by atomic mass is 31.2. The Bertz CT molecular complexity index is 313. The largest absolute Gasteiger partial charge is 0.347 e. The van der Waals surface area contributed by atoms with E-state index < -0.39 is 7.14 Å². The Hall–Kier alpha value is -0.630. The lowest BCUT2D eigenvalue weighted by molar-refractivity contribution is -0.0376. The van der Waals surface area contributed by atoms with Gasteiger partial charge >= 0.3 is 0 Å². The Morgan fingerprint density at radius 2 is 1.69 bits per heavy atom. The molecule has 0 spiro atoms. The van der Waals surface area contributed by atoms with E-state index in [2.05, 4.69) is 0 Å².